The van der Waals surface area contributed by atoms with Crippen LogP contribution >= 0.6 is 7.82 Å². The highest BCUT2D eigenvalue weighted by molar-refractivity contribution is 7.47. The van der Waals surface area contributed by atoms with Crippen molar-refractivity contribution >= 4 is 13.7 Å². The van der Waals surface area contributed by atoms with Gasteiger partial charge in [0.15, 0.2) is 0 Å². The third-order valence-electron chi connectivity index (χ3n) is 11.3. The number of phosphoric ester groups is 1. The van der Waals surface area contributed by atoms with Gasteiger partial charge in [-0.2, -0.15) is 0 Å². The van der Waals surface area contributed by atoms with Gasteiger partial charge in [-0.25, -0.2) is 4.57 Å². The lowest BCUT2D eigenvalue weighted by Gasteiger charge is -2.25. The van der Waals surface area contributed by atoms with Gasteiger partial charge in [-0.05, 0) is 19.3 Å². The second kappa shape index (κ2) is 40.6. The van der Waals surface area contributed by atoms with Crippen LogP contribution in [0.4, 0.5) is 0 Å². The van der Waals surface area contributed by atoms with Gasteiger partial charge in [-0.3, -0.25) is 13.8 Å². The Morgan fingerprint density at radius 1 is 0.579 bits per heavy atom. The first-order valence-corrected chi connectivity index (χ1v) is 26.1. The fourth-order valence-electron chi connectivity index (χ4n) is 7.34. The number of phosphoric acid groups is 1. The number of hydrogen-bond donors (Lipinski definition) is 3. The van der Waals surface area contributed by atoms with Gasteiger partial charge in [-0.1, -0.05) is 225 Å². The van der Waals surface area contributed by atoms with E-state index < -0.39 is 20.0 Å². The van der Waals surface area contributed by atoms with Crippen LogP contribution in [0.15, 0.2) is 12.2 Å². The molecule has 0 fully saturated rings. The van der Waals surface area contributed by atoms with E-state index in [-0.39, 0.29) is 19.1 Å². The Labute approximate surface area is 354 Å². The molecule has 8 nitrogen and oxygen atoms in total. The average Bonchev–Trinajstić information content (AvgIpc) is 3.16. The Bertz CT molecular complexity index is 942. The fraction of sp³-hybridized carbons (Fsp3) is 0.938. The third kappa shape index (κ3) is 43.1. The predicted molar refractivity (Wildman–Crippen MR) is 245 cm³/mol. The van der Waals surface area contributed by atoms with Gasteiger partial charge in [0.2, 0.25) is 5.91 Å². The number of nitrogens with one attached hydrogen (secondary N) is 1. The van der Waals surface area contributed by atoms with Gasteiger partial charge < -0.3 is 19.8 Å². The van der Waals surface area contributed by atoms with Crippen molar-refractivity contribution < 1.29 is 32.9 Å². The topological polar surface area (TPSA) is 105 Å². The molecule has 1 amide bonds. The smallest absolute Gasteiger partial charge is 0.387 e. The summed E-state index contributed by atoms with van der Waals surface area (Å²) in [6.45, 7) is 4.84. The van der Waals surface area contributed by atoms with Crippen LogP contribution in [0.2, 0.25) is 0 Å². The van der Waals surface area contributed by atoms with Crippen LogP contribution in [0.5, 0.6) is 0 Å². The van der Waals surface area contributed by atoms with Gasteiger partial charge in [0, 0.05) is 6.42 Å². The number of amides is 1. The number of quaternary nitrogens is 1. The van der Waals surface area contributed by atoms with Crippen molar-refractivity contribution in [3.63, 3.8) is 0 Å². The molecular formula is C48H98N2O6P+. The summed E-state index contributed by atoms with van der Waals surface area (Å²) in [6, 6.07) is -0.840. The average molecular weight is 830 g/mol. The molecule has 0 aromatic rings. The minimum Gasteiger partial charge on any atom is -0.387 e. The summed E-state index contributed by atoms with van der Waals surface area (Å²) in [5.41, 5.74) is 0. The number of allylic oxidation sites excluding steroid dienone is 1. The quantitative estimate of drug-likeness (QED) is 0.0244. The minimum absolute atomic E-state index is 0.0649. The van der Waals surface area contributed by atoms with E-state index in [0.717, 1.165) is 32.1 Å². The standard InChI is InChI=1S/C48H97N2O6P/c1-6-8-10-12-14-16-18-20-22-24-26-28-30-32-34-36-38-40-42-48(52)49-46(45-56-57(53,54)55-44-43-50(3,4)5)47(51)41-39-37-35-33-31-29-27-25-23-21-19-17-15-13-11-9-7-2/h39,41,46-47,51H,6-38,40,42-45H2,1-5H3,(H-,49,52,53,54)/p+1/b41-39+. The van der Waals surface area contributed by atoms with Gasteiger partial charge in [0.05, 0.1) is 39.9 Å². The Morgan fingerprint density at radius 2 is 0.930 bits per heavy atom. The summed E-state index contributed by atoms with van der Waals surface area (Å²) >= 11 is 0. The summed E-state index contributed by atoms with van der Waals surface area (Å²) in [6.07, 6.45) is 47.1. The van der Waals surface area contributed by atoms with Crippen LogP contribution < -0.4 is 5.32 Å². The molecule has 0 heterocycles. The van der Waals surface area contributed by atoms with E-state index in [1.165, 1.54) is 186 Å². The van der Waals surface area contributed by atoms with Crippen molar-refractivity contribution in [3.05, 3.63) is 12.2 Å². The number of carbonyl (C=O) groups excluding carboxylic acids is 1. The van der Waals surface area contributed by atoms with Crippen molar-refractivity contribution in [2.24, 2.45) is 0 Å². The normalized spacial score (nSPS) is 14.3. The van der Waals surface area contributed by atoms with Gasteiger partial charge in [0.1, 0.15) is 13.2 Å². The minimum atomic E-state index is -4.33. The molecule has 0 aliphatic heterocycles. The predicted octanol–water partition coefficient (Wildman–Crippen LogP) is 13.9. The number of aliphatic hydroxyl groups is 1. The summed E-state index contributed by atoms with van der Waals surface area (Å²) in [5, 5.41) is 13.9. The van der Waals surface area contributed by atoms with E-state index in [1.807, 2.05) is 27.2 Å². The molecule has 3 atom stereocenters. The largest absolute Gasteiger partial charge is 0.472 e. The SMILES string of the molecule is CCCCCCCCCCCCCCCCC/C=C/C(O)C(COP(=O)(O)OCC[N+](C)(C)C)NC(=O)CCCCCCCCCCCCCCCCCCCC. The molecule has 3 unspecified atom stereocenters. The molecule has 0 aromatic heterocycles. The molecule has 340 valence electrons. The Morgan fingerprint density at radius 3 is 1.30 bits per heavy atom. The molecule has 9 heteroatoms. The number of nitrogens with zero attached hydrogens (tertiary/aromatic N) is 1. The van der Waals surface area contributed by atoms with Crippen molar-refractivity contribution in [1.29, 1.82) is 0 Å². The van der Waals surface area contributed by atoms with E-state index in [1.54, 1.807) is 6.08 Å². The molecule has 0 rings (SSSR count). The highest BCUT2D eigenvalue weighted by Gasteiger charge is 2.27. The molecule has 0 saturated heterocycles. The molecule has 0 aliphatic carbocycles. The van der Waals surface area contributed by atoms with Gasteiger partial charge >= 0.3 is 7.82 Å². The Kier molecular flexibility index (Phi) is 40.1. The van der Waals surface area contributed by atoms with Crippen LogP contribution in [0.25, 0.3) is 0 Å². The van der Waals surface area contributed by atoms with Crippen LogP contribution in [0, 0.1) is 0 Å². The molecule has 57 heavy (non-hydrogen) atoms. The molecule has 0 radical (unpaired) electrons. The maximum Gasteiger partial charge on any atom is 0.472 e. The molecule has 0 spiro atoms. The Hall–Kier alpha value is -0.760. The van der Waals surface area contributed by atoms with Crippen molar-refractivity contribution in [3.8, 4) is 0 Å². The zero-order valence-corrected chi connectivity index (χ0v) is 39.5. The van der Waals surface area contributed by atoms with E-state index in [2.05, 4.69) is 19.2 Å². The number of hydrogen-bond acceptors (Lipinski definition) is 5. The van der Waals surface area contributed by atoms with E-state index >= 15 is 0 Å². The first-order valence-electron chi connectivity index (χ1n) is 24.6. The maximum absolute atomic E-state index is 12.9. The van der Waals surface area contributed by atoms with Crippen molar-refractivity contribution in [1.82, 2.24) is 5.32 Å². The molecule has 0 bridgehead atoms. The number of carbonyl (C=O) groups is 1. The van der Waals surface area contributed by atoms with Crippen LogP contribution in [0.3, 0.4) is 0 Å². The lowest BCUT2D eigenvalue weighted by molar-refractivity contribution is -0.870. The second-order valence-corrected chi connectivity index (χ2v) is 19.7. The highest BCUT2D eigenvalue weighted by Crippen LogP contribution is 2.43. The molecule has 3 N–H and O–H groups in total. The highest BCUT2D eigenvalue weighted by atomic mass is 31.2. The lowest BCUT2D eigenvalue weighted by atomic mass is 10.0. The summed E-state index contributed by atoms with van der Waals surface area (Å²) in [4.78, 5) is 23.2. The first-order chi connectivity index (χ1) is 27.5. The van der Waals surface area contributed by atoms with Gasteiger partial charge in [0.25, 0.3) is 0 Å². The van der Waals surface area contributed by atoms with E-state index in [4.69, 9.17) is 9.05 Å². The van der Waals surface area contributed by atoms with E-state index in [9.17, 15) is 19.4 Å². The van der Waals surface area contributed by atoms with Crippen molar-refractivity contribution in [2.75, 3.05) is 40.9 Å². The third-order valence-corrected chi connectivity index (χ3v) is 12.2. The van der Waals surface area contributed by atoms with Gasteiger partial charge in [-0.15, -0.1) is 0 Å². The van der Waals surface area contributed by atoms with E-state index in [0.29, 0.717) is 17.4 Å². The lowest BCUT2D eigenvalue weighted by Crippen LogP contribution is -2.45. The first kappa shape index (κ1) is 56.2. The molecule has 0 saturated carbocycles. The molecule has 0 aromatic carbocycles. The second-order valence-electron chi connectivity index (χ2n) is 18.2. The monoisotopic (exact) mass is 830 g/mol. The summed E-state index contributed by atoms with van der Waals surface area (Å²) < 4.78 is 23.6. The van der Waals surface area contributed by atoms with Crippen LogP contribution in [0.1, 0.15) is 239 Å². The maximum atomic E-state index is 12.9. The summed E-state index contributed by atoms with van der Waals surface area (Å²) in [7, 11) is 1.58. The van der Waals surface area contributed by atoms with Crippen LogP contribution in [-0.4, -0.2) is 73.4 Å². The number of rotatable bonds is 45. The zero-order valence-electron chi connectivity index (χ0n) is 38.6. The van der Waals surface area contributed by atoms with Crippen molar-refractivity contribution in [2.45, 2.75) is 251 Å². The van der Waals surface area contributed by atoms with Crippen LogP contribution in [-0.2, 0) is 18.4 Å². The number of likely N-dealkylation sites (N-methyl/N-ethyl adjacent to an activating group) is 1. The molecule has 0 aliphatic rings. The summed E-state index contributed by atoms with van der Waals surface area (Å²) in [5.74, 6) is -0.173. The molecular weight excluding hydrogens is 732 g/mol. The zero-order chi connectivity index (χ0) is 42.1. The number of unbranched alkanes of at least 4 members (excludes halogenated alkanes) is 32. The fourth-order valence-corrected chi connectivity index (χ4v) is 8.07. The Balaban J connectivity index is 4.32. The number of aliphatic hydroxyl groups excluding tert-OH is 1.